The number of carbonyl (C=O) groups is 2. The number of benzene rings is 1. The van der Waals surface area contributed by atoms with Crippen molar-refractivity contribution in [2.24, 2.45) is 0 Å². The van der Waals surface area contributed by atoms with E-state index in [1.165, 1.54) is 23.5 Å². The third-order valence-electron chi connectivity index (χ3n) is 3.88. The van der Waals surface area contributed by atoms with Crippen LogP contribution in [0.1, 0.15) is 35.4 Å². The molecule has 0 aliphatic heterocycles. The third-order valence-corrected chi connectivity index (χ3v) is 5.00. The largest absolute Gasteiger partial charge is 0.481 e. The van der Waals surface area contributed by atoms with Gasteiger partial charge in [0, 0.05) is 4.70 Å². The lowest BCUT2D eigenvalue weighted by atomic mass is 9.74. The monoisotopic (exact) mass is 307 g/mol. The van der Waals surface area contributed by atoms with E-state index in [-0.39, 0.29) is 18.1 Å². The minimum absolute atomic E-state index is 0.0573. The Balaban J connectivity index is 1.81. The van der Waals surface area contributed by atoms with E-state index in [0.29, 0.717) is 23.1 Å². The molecule has 1 amide bonds. The van der Waals surface area contributed by atoms with E-state index in [1.54, 1.807) is 12.1 Å². The van der Waals surface area contributed by atoms with Crippen molar-refractivity contribution in [1.82, 2.24) is 5.32 Å². The molecule has 0 atom stereocenters. The van der Waals surface area contributed by atoms with Crippen LogP contribution in [0.4, 0.5) is 4.39 Å². The summed E-state index contributed by atoms with van der Waals surface area (Å²) in [7, 11) is 0. The zero-order valence-corrected chi connectivity index (χ0v) is 12.0. The second kappa shape index (κ2) is 5.11. The summed E-state index contributed by atoms with van der Waals surface area (Å²) in [4.78, 5) is 23.7. The van der Waals surface area contributed by atoms with Gasteiger partial charge in [0.2, 0.25) is 0 Å². The summed E-state index contributed by atoms with van der Waals surface area (Å²) < 4.78 is 14.0. The molecule has 110 valence electrons. The van der Waals surface area contributed by atoms with Crippen LogP contribution in [-0.2, 0) is 4.79 Å². The molecule has 1 saturated carbocycles. The van der Waals surface area contributed by atoms with Crippen molar-refractivity contribution in [2.75, 3.05) is 0 Å². The highest BCUT2D eigenvalue weighted by Gasteiger charge is 2.40. The summed E-state index contributed by atoms with van der Waals surface area (Å²) in [5.41, 5.74) is -0.621. The Bertz CT molecular complexity index is 721. The summed E-state index contributed by atoms with van der Waals surface area (Å²) in [6.45, 7) is 0. The van der Waals surface area contributed by atoms with Gasteiger partial charge in [-0.1, -0.05) is 0 Å². The summed E-state index contributed by atoms with van der Waals surface area (Å²) >= 11 is 1.28. The number of fused-ring (bicyclic) bond motifs is 1. The molecule has 6 heteroatoms. The van der Waals surface area contributed by atoms with Crippen LogP contribution in [-0.4, -0.2) is 22.5 Å². The molecule has 1 heterocycles. The molecule has 21 heavy (non-hydrogen) atoms. The Kier molecular flexibility index (Phi) is 3.41. The molecule has 1 aliphatic rings. The number of amides is 1. The van der Waals surface area contributed by atoms with Crippen molar-refractivity contribution >= 4 is 33.3 Å². The van der Waals surface area contributed by atoms with E-state index < -0.39 is 11.5 Å². The van der Waals surface area contributed by atoms with Crippen LogP contribution in [0.3, 0.4) is 0 Å². The number of rotatable bonds is 4. The smallest absolute Gasteiger partial charge is 0.305 e. The third kappa shape index (κ3) is 2.76. The molecule has 2 aromatic rings. The van der Waals surface area contributed by atoms with Crippen LogP contribution in [0.25, 0.3) is 10.1 Å². The highest BCUT2D eigenvalue weighted by molar-refractivity contribution is 7.20. The van der Waals surface area contributed by atoms with Gasteiger partial charge in [-0.15, -0.1) is 11.3 Å². The molecule has 0 radical (unpaired) electrons. The molecule has 1 fully saturated rings. The summed E-state index contributed by atoms with van der Waals surface area (Å²) in [5, 5.41) is 12.5. The van der Waals surface area contributed by atoms with Crippen molar-refractivity contribution < 1.29 is 19.1 Å². The van der Waals surface area contributed by atoms with Crippen LogP contribution in [0.5, 0.6) is 0 Å². The predicted octanol–water partition coefficient (Wildman–Crippen LogP) is 3.17. The van der Waals surface area contributed by atoms with Gasteiger partial charge in [-0.3, -0.25) is 9.59 Å². The molecule has 0 unspecified atom stereocenters. The van der Waals surface area contributed by atoms with Crippen molar-refractivity contribution in [3.05, 3.63) is 35.0 Å². The number of aliphatic carboxylic acids is 1. The first-order valence-electron chi connectivity index (χ1n) is 6.71. The van der Waals surface area contributed by atoms with Gasteiger partial charge in [-0.2, -0.15) is 0 Å². The lowest BCUT2D eigenvalue weighted by Gasteiger charge is -2.41. The van der Waals surface area contributed by atoms with Crippen molar-refractivity contribution in [1.29, 1.82) is 0 Å². The van der Waals surface area contributed by atoms with Crippen molar-refractivity contribution in [2.45, 2.75) is 31.2 Å². The van der Waals surface area contributed by atoms with Crippen LogP contribution in [0.15, 0.2) is 24.3 Å². The van der Waals surface area contributed by atoms with E-state index in [1.807, 2.05) is 0 Å². The topological polar surface area (TPSA) is 66.4 Å². The maximum atomic E-state index is 13.2. The van der Waals surface area contributed by atoms with Crippen LogP contribution in [0, 0.1) is 5.82 Å². The average Bonchev–Trinajstić information content (AvgIpc) is 2.78. The predicted molar refractivity (Wildman–Crippen MR) is 78.1 cm³/mol. The zero-order chi connectivity index (χ0) is 15.0. The first-order valence-corrected chi connectivity index (χ1v) is 7.53. The van der Waals surface area contributed by atoms with E-state index in [2.05, 4.69) is 5.32 Å². The Morgan fingerprint density at radius 3 is 2.71 bits per heavy atom. The minimum Gasteiger partial charge on any atom is -0.481 e. The maximum absolute atomic E-state index is 13.2. The number of carboxylic acid groups (broad SMARTS) is 1. The molecule has 1 aromatic heterocycles. The zero-order valence-electron chi connectivity index (χ0n) is 11.2. The fourth-order valence-electron chi connectivity index (χ4n) is 2.67. The van der Waals surface area contributed by atoms with Crippen LogP contribution >= 0.6 is 11.3 Å². The van der Waals surface area contributed by atoms with Gasteiger partial charge in [0.25, 0.3) is 5.91 Å². The quantitative estimate of drug-likeness (QED) is 0.911. The molecule has 0 bridgehead atoms. The first-order chi connectivity index (χ1) is 9.97. The van der Waals surface area contributed by atoms with Crippen molar-refractivity contribution in [3.63, 3.8) is 0 Å². The average molecular weight is 307 g/mol. The fraction of sp³-hybridized carbons (Fsp3) is 0.333. The Hall–Kier alpha value is -1.95. The van der Waals surface area contributed by atoms with E-state index >= 15 is 0 Å². The minimum atomic E-state index is -0.909. The second-order valence-electron chi connectivity index (χ2n) is 5.45. The summed E-state index contributed by atoms with van der Waals surface area (Å²) in [6.07, 6.45) is 2.23. The van der Waals surface area contributed by atoms with Crippen LogP contribution < -0.4 is 5.32 Å². The second-order valence-corrected chi connectivity index (χ2v) is 6.54. The summed E-state index contributed by atoms with van der Waals surface area (Å²) in [6, 6.07) is 6.03. The number of nitrogens with one attached hydrogen (secondary N) is 1. The lowest BCUT2D eigenvalue weighted by Crippen LogP contribution is -2.54. The Morgan fingerprint density at radius 1 is 1.33 bits per heavy atom. The normalized spacial score (nSPS) is 16.4. The van der Waals surface area contributed by atoms with Gasteiger partial charge in [0.05, 0.1) is 16.8 Å². The number of hydrogen-bond donors (Lipinski definition) is 2. The number of carboxylic acids is 1. The van der Waals surface area contributed by atoms with Gasteiger partial charge in [0.1, 0.15) is 5.82 Å². The lowest BCUT2D eigenvalue weighted by molar-refractivity contribution is -0.139. The molecule has 0 spiro atoms. The number of halogens is 1. The molecule has 3 rings (SSSR count). The Labute approximate surface area is 124 Å². The van der Waals surface area contributed by atoms with Gasteiger partial charge < -0.3 is 10.4 Å². The molecule has 1 aliphatic carbocycles. The van der Waals surface area contributed by atoms with E-state index in [9.17, 15) is 14.0 Å². The summed E-state index contributed by atoms with van der Waals surface area (Å²) in [5.74, 6) is -1.53. The van der Waals surface area contributed by atoms with E-state index in [0.717, 1.165) is 11.1 Å². The molecular weight excluding hydrogens is 293 g/mol. The maximum Gasteiger partial charge on any atom is 0.305 e. The van der Waals surface area contributed by atoms with Gasteiger partial charge in [0.15, 0.2) is 0 Å². The van der Waals surface area contributed by atoms with Crippen LogP contribution in [0.2, 0.25) is 0 Å². The highest BCUT2D eigenvalue weighted by atomic mass is 32.1. The fourth-order valence-corrected chi connectivity index (χ4v) is 3.61. The molecule has 0 saturated heterocycles. The molecular formula is C15H14FNO3S. The SMILES string of the molecule is O=C(O)CC1(NC(=O)c2cc3cc(F)ccc3s2)CCC1. The molecule has 4 nitrogen and oxygen atoms in total. The standard InChI is InChI=1S/C15H14FNO3S/c16-10-2-3-11-9(6-10)7-12(21-11)14(20)17-15(4-1-5-15)8-13(18)19/h2-3,6-7H,1,4-5,8H2,(H,17,20)(H,18,19). The molecule has 1 aromatic carbocycles. The van der Waals surface area contributed by atoms with Gasteiger partial charge in [-0.05, 0) is 48.9 Å². The van der Waals surface area contributed by atoms with Gasteiger partial charge in [-0.25, -0.2) is 4.39 Å². The first kappa shape index (κ1) is 14.0. The molecule has 2 N–H and O–H groups in total. The number of carbonyl (C=O) groups excluding carboxylic acids is 1. The number of thiophene rings is 1. The van der Waals surface area contributed by atoms with Gasteiger partial charge >= 0.3 is 5.97 Å². The van der Waals surface area contributed by atoms with E-state index in [4.69, 9.17) is 5.11 Å². The Morgan fingerprint density at radius 2 is 2.10 bits per heavy atom. The van der Waals surface area contributed by atoms with Crippen molar-refractivity contribution in [3.8, 4) is 0 Å². The highest BCUT2D eigenvalue weighted by Crippen LogP contribution is 2.36. The number of hydrogen-bond acceptors (Lipinski definition) is 3.